The molecule has 1 N–H and O–H groups in total. The van der Waals surface area contributed by atoms with Crippen LogP contribution in [0.2, 0.25) is 18.6 Å². The lowest BCUT2D eigenvalue weighted by molar-refractivity contribution is -0.154. The number of methoxy groups -OCH3 is 1. The maximum Gasteiger partial charge on any atom is 0.304 e. The first kappa shape index (κ1) is 35.9. The zero-order valence-corrected chi connectivity index (χ0v) is 31.4. The number of hydrogen-bond donors (Lipinski definition) is 1. The van der Waals surface area contributed by atoms with Gasteiger partial charge in [-0.2, -0.15) is 0 Å². The summed E-state index contributed by atoms with van der Waals surface area (Å²) in [4.78, 5) is 58.0. The van der Waals surface area contributed by atoms with Crippen LogP contribution in [0.5, 0.6) is 5.75 Å². The highest BCUT2D eigenvalue weighted by molar-refractivity contribution is 6.91. The van der Waals surface area contributed by atoms with Crippen molar-refractivity contribution in [1.82, 2.24) is 4.90 Å². The van der Waals surface area contributed by atoms with Gasteiger partial charge >= 0.3 is 5.97 Å². The third kappa shape index (κ3) is 5.90. The second-order valence-corrected chi connectivity index (χ2v) is 19.7. The molecule has 11 nitrogen and oxygen atoms in total. The summed E-state index contributed by atoms with van der Waals surface area (Å²) in [7, 11) is -0.808. The molecule has 12 heteroatoms. The van der Waals surface area contributed by atoms with Gasteiger partial charge in [-0.3, -0.25) is 24.1 Å². The molecule has 4 heterocycles. The van der Waals surface area contributed by atoms with Crippen LogP contribution in [0.3, 0.4) is 0 Å². The molecule has 0 radical (unpaired) electrons. The van der Waals surface area contributed by atoms with Crippen molar-refractivity contribution < 1.29 is 38.5 Å². The smallest absolute Gasteiger partial charge is 0.304 e. The number of likely N-dealkylation sites (tertiary alicyclic amines) is 1. The van der Waals surface area contributed by atoms with Gasteiger partial charge in [0.25, 0.3) is 5.91 Å². The van der Waals surface area contributed by atoms with Crippen molar-refractivity contribution in [2.75, 3.05) is 30.1 Å². The van der Waals surface area contributed by atoms with Crippen LogP contribution in [0.1, 0.15) is 50.7 Å². The fourth-order valence-electron chi connectivity index (χ4n) is 9.20. The second kappa shape index (κ2) is 13.8. The Bertz CT molecular complexity index is 1870. The number of hydrogen-bond acceptors (Lipinski definition) is 8. The van der Waals surface area contributed by atoms with E-state index in [1.807, 2.05) is 48.5 Å². The average molecular weight is 726 g/mol. The van der Waals surface area contributed by atoms with Crippen LogP contribution in [0.4, 0.5) is 11.4 Å². The van der Waals surface area contributed by atoms with Gasteiger partial charge in [0.05, 0.1) is 59.0 Å². The second-order valence-electron chi connectivity index (χ2n) is 15.0. The molecule has 1 unspecified atom stereocenters. The van der Waals surface area contributed by atoms with Crippen molar-refractivity contribution in [2.24, 2.45) is 5.92 Å². The highest BCUT2D eigenvalue weighted by Crippen LogP contribution is 2.60. The first-order valence-electron chi connectivity index (χ1n) is 18.1. The van der Waals surface area contributed by atoms with Crippen molar-refractivity contribution in [3.05, 3.63) is 83.9 Å². The van der Waals surface area contributed by atoms with E-state index in [1.165, 1.54) is 17.0 Å². The lowest BCUT2D eigenvalue weighted by atomic mass is 9.82. The van der Waals surface area contributed by atoms with E-state index in [0.29, 0.717) is 12.2 Å². The molecule has 1 spiro atoms. The number of para-hydroxylation sites is 1. The summed E-state index contributed by atoms with van der Waals surface area (Å²) in [6.45, 7) is 8.82. The molecule has 3 aromatic carbocycles. The Kier molecular flexibility index (Phi) is 9.51. The molecule has 4 aliphatic rings. The lowest BCUT2D eigenvalue weighted by Crippen LogP contribution is -2.54. The molecule has 3 saturated heterocycles. The molecule has 6 atom stereocenters. The van der Waals surface area contributed by atoms with Crippen LogP contribution in [-0.4, -0.2) is 80.4 Å². The maximum atomic E-state index is 15.1. The number of anilines is 2. The zero-order valence-electron chi connectivity index (χ0n) is 30.4. The molecular weight excluding hydrogens is 679 g/mol. The molecule has 52 heavy (non-hydrogen) atoms. The molecule has 7 rings (SSSR count). The Morgan fingerprint density at radius 1 is 1.02 bits per heavy atom. The van der Waals surface area contributed by atoms with Crippen LogP contribution < -0.4 is 19.7 Å². The van der Waals surface area contributed by atoms with E-state index in [0.717, 1.165) is 35.4 Å². The number of nitrogens with zero attached hydrogens (tertiary/aromatic N) is 3. The number of ether oxygens (including phenoxy) is 3. The minimum Gasteiger partial charge on any atom is -0.497 e. The molecule has 274 valence electrons. The van der Waals surface area contributed by atoms with Crippen LogP contribution in [0.15, 0.2) is 72.8 Å². The Morgan fingerprint density at radius 2 is 1.73 bits per heavy atom. The third-order valence-corrected chi connectivity index (χ3v) is 16.1. The molecular formula is C40H47N3O8Si. The van der Waals surface area contributed by atoms with Crippen LogP contribution in [-0.2, 0) is 40.8 Å². The van der Waals surface area contributed by atoms with Gasteiger partial charge in [0.1, 0.15) is 5.75 Å². The number of fused-ring (bicyclic) bond motifs is 2. The number of rotatable bonds is 10. The van der Waals surface area contributed by atoms with Crippen molar-refractivity contribution in [2.45, 2.75) is 88.7 Å². The number of carbonyl (C=O) groups is 4. The highest BCUT2D eigenvalue weighted by atomic mass is 28.3. The monoisotopic (exact) mass is 725 g/mol. The Balaban J connectivity index is 1.22. The first-order chi connectivity index (χ1) is 24.9. The largest absolute Gasteiger partial charge is 0.497 e. The minimum absolute atomic E-state index is 0.0531. The van der Waals surface area contributed by atoms with Gasteiger partial charge < -0.3 is 29.1 Å². The van der Waals surface area contributed by atoms with E-state index in [9.17, 15) is 19.5 Å². The Morgan fingerprint density at radius 3 is 2.38 bits per heavy atom. The van der Waals surface area contributed by atoms with Gasteiger partial charge in [-0.05, 0) is 54.3 Å². The summed E-state index contributed by atoms with van der Waals surface area (Å²) in [5.41, 5.74) is 1.64. The first-order valence-corrected chi connectivity index (χ1v) is 21.2. The minimum atomic E-state index is -2.45. The fraction of sp³-hybridized carbons (Fsp3) is 0.450. The van der Waals surface area contributed by atoms with E-state index in [2.05, 4.69) is 32.2 Å². The van der Waals surface area contributed by atoms with Gasteiger partial charge in [0.2, 0.25) is 11.8 Å². The lowest BCUT2D eigenvalue weighted by Gasteiger charge is -2.39. The molecule has 4 aliphatic heterocycles. The molecule has 3 fully saturated rings. The quantitative estimate of drug-likeness (QED) is 0.185. The summed E-state index contributed by atoms with van der Waals surface area (Å²) >= 11 is 0. The normalized spacial score (nSPS) is 26.9. The molecule has 0 aromatic heterocycles. The van der Waals surface area contributed by atoms with E-state index in [4.69, 9.17) is 14.2 Å². The third-order valence-electron chi connectivity index (χ3n) is 11.8. The number of benzene rings is 3. The number of carbonyl (C=O) groups excluding carboxylic acids is 4. The molecule has 3 aromatic rings. The molecule has 0 aliphatic carbocycles. The highest BCUT2D eigenvalue weighted by Gasteiger charge is 2.66. The summed E-state index contributed by atoms with van der Waals surface area (Å²) in [5.74, 6) is -0.289. The number of esters is 1. The maximum absolute atomic E-state index is 15.1. The Labute approximate surface area is 305 Å². The number of aliphatic hydroxyl groups is 1. The van der Waals surface area contributed by atoms with Crippen LogP contribution in [0.25, 0.3) is 0 Å². The average Bonchev–Trinajstić information content (AvgIpc) is 3.79. The SMILES string of the molecule is COc1ccc([Si](C)(C)[C@H]2[C@H](CC(=O)N3CCC[C@H]3CO)O[C@@]3(C(=O)N(Cc4ccc(N5C(=O)CC5OC(C)=O)cc4)c4ccccc43)[C@@H]2C)cc1. The van der Waals surface area contributed by atoms with Crippen molar-refractivity contribution >= 4 is 48.3 Å². The van der Waals surface area contributed by atoms with Crippen LogP contribution >= 0.6 is 0 Å². The summed E-state index contributed by atoms with van der Waals surface area (Å²) in [6, 6.07) is 23.1. The standard InChI is InChI=1S/C40H47N3O8Si/c1-25-38(52(4,5)31-18-16-30(49-3)17-19-31)34(21-35(46)41-20-8-9-29(41)24-44)51-40(25)32-10-6-7-11-33(32)42(39(40)48)23-27-12-14-28(15-13-27)43-36(47)22-37(43)50-26(2)45/h6-7,10-19,25,29,34,37-38,44H,8-9,20-24H2,1-5H3/t25-,29+,34+,37?,38-,40+/m1/s1. The van der Waals surface area contributed by atoms with Gasteiger partial charge in [-0.1, -0.05) is 67.7 Å². The molecule has 0 saturated carbocycles. The topological polar surface area (TPSA) is 126 Å². The molecule has 0 bridgehead atoms. The van der Waals surface area contributed by atoms with E-state index in [-0.39, 0.29) is 61.2 Å². The summed E-state index contributed by atoms with van der Waals surface area (Å²) in [6.07, 6.45) is 0.740. The van der Waals surface area contributed by atoms with Gasteiger partial charge in [0, 0.05) is 30.6 Å². The summed E-state index contributed by atoms with van der Waals surface area (Å²) < 4.78 is 17.9. The number of aliphatic hydroxyl groups excluding tert-OH is 1. The predicted octanol–water partition coefficient (Wildman–Crippen LogP) is 4.46. The van der Waals surface area contributed by atoms with Crippen molar-refractivity contribution in [3.63, 3.8) is 0 Å². The van der Waals surface area contributed by atoms with Crippen molar-refractivity contribution in [3.8, 4) is 5.75 Å². The Hall–Kier alpha value is -4.52. The van der Waals surface area contributed by atoms with Crippen LogP contribution in [0, 0.1) is 5.92 Å². The van der Waals surface area contributed by atoms with Gasteiger partial charge in [-0.25, -0.2) is 0 Å². The summed E-state index contributed by atoms with van der Waals surface area (Å²) in [5, 5.41) is 11.2. The van der Waals surface area contributed by atoms with E-state index < -0.39 is 32.0 Å². The zero-order chi connectivity index (χ0) is 36.9. The van der Waals surface area contributed by atoms with Gasteiger partial charge in [-0.15, -0.1) is 0 Å². The van der Waals surface area contributed by atoms with Gasteiger partial charge in [0.15, 0.2) is 11.8 Å². The fourth-order valence-corrected chi connectivity index (χ4v) is 13.2. The van der Waals surface area contributed by atoms with Crippen molar-refractivity contribution in [1.29, 1.82) is 0 Å². The number of amides is 3. The van der Waals surface area contributed by atoms with E-state index >= 15 is 4.79 Å². The van der Waals surface area contributed by atoms with E-state index in [1.54, 1.807) is 29.0 Å². The number of β-lactam (4-membered cyclic amide) rings is 1. The molecule has 3 amide bonds. The predicted molar refractivity (Wildman–Crippen MR) is 198 cm³/mol.